The smallest absolute Gasteiger partial charge is 0.498 e. The molecule has 0 atom stereocenters. The first-order valence-electron chi connectivity index (χ1n) is 3.65. The number of hydrogen-bond acceptors (Lipinski definition) is 5. The van der Waals surface area contributed by atoms with E-state index in [4.69, 9.17) is 9.31 Å². The lowest BCUT2D eigenvalue weighted by Gasteiger charge is -2.20. The zero-order valence-corrected chi connectivity index (χ0v) is 7.07. The average Bonchev–Trinajstić information content (AvgIpc) is 1.81. The Morgan fingerprint density at radius 3 is 2.08 bits per heavy atom. The molecule has 6 heteroatoms. The second-order valence-corrected chi connectivity index (χ2v) is 2.72. The van der Waals surface area contributed by atoms with Gasteiger partial charge >= 0.3 is 19.1 Å². The fraction of sp³-hybridized carbons (Fsp3) is 0.667. The fourth-order valence-electron chi connectivity index (χ4n) is 0.965. The molecule has 0 N–H and O–H groups in total. The third kappa shape index (κ3) is 2.54. The van der Waals surface area contributed by atoms with E-state index in [9.17, 15) is 9.59 Å². The van der Waals surface area contributed by atoms with Crippen molar-refractivity contribution < 1.29 is 18.9 Å². The van der Waals surface area contributed by atoms with Gasteiger partial charge in [0.15, 0.2) is 0 Å². The van der Waals surface area contributed by atoms with Gasteiger partial charge in [-0.25, -0.2) is 0 Å². The lowest BCUT2D eigenvalue weighted by atomic mass is 9.95. The molecule has 5 nitrogen and oxygen atoms in total. The number of carbonyl (C=O) groups excluding carboxylic acids is 2. The van der Waals surface area contributed by atoms with Gasteiger partial charge < -0.3 is 9.31 Å². The van der Waals surface area contributed by atoms with E-state index in [1.54, 1.807) is 7.05 Å². The van der Waals surface area contributed by atoms with E-state index in [-0.39, 0.29) is 25.0 Å². The van der Waals surface area contributed by atoms with E-state index in [2.05, 4.69) is 0 Å². The van der Waals surface area contributed by atoms with Gasteiger partial charge in [-0.15, -0.1) is 0 Å². The van der Waals surface area contributed by atoms with Crippen molar-refractivity contribution in [3.8, 4) is 0 Å². The molecular formula is C6H10BNO4. The lowest BCUT2D eigenvalue weighted by Crippen LogP contribution is -2.41. The molecule has 1 heterocycles. The number of hydrogen-bond donors (Lipinski definition) is 0. The number of carbonyl (C=O) groups is 2. The van der Waals surface area contributed by atoms with Crippen molar-refractivity contribution in [1.82, 2.24) is 4.90 Å². The standard InChI is InChI=1S/C6H10BNO4/c1-7-11-5(9)3-8(2)4-6(10)12-7/h3-4H2,1-2H3. The van der Waals surface area contributed by atoms with Gasteiger partial charge in [-0.2, -0.15) is 0 Å². The van der Waals surface area contributed by atoms with Gasteiger partial charge in [0, 0.05) is 0 Å². The summed E-state index contributed by atoms with van der Waals surface area (Å²) in [4.78, 5) is 23.4. The normalized spacial score (nSPS) is 21.0. The van der Waals surface area contributed by atoms with Crippen LogP contribution in [0.3, 0.4) is 0 Å². The molecule has 1 aliphatic rings. The van der Waals surface area contributed by atoms with E-state index in [1.807, 2.05) is 0 Å². The zero-order valence-electron chi connectivity index (χ0n) is 7.07. The number of likely N-dealkylation sites (N-methyl/N-ethyl adjacent to an activating group) is 1. The monoisotopic (exact) mass is 171 g/mol. The summed E-state index contributed by atoms with van der Waals surface area (Å²) in [6, 6.07) is 0. The van der Waals surface area contributed by atoms with Crippen molar-refractivity contribution in [1.29, 1.82) is 0 Å². The molecule has 0 bridgehead atoms. The van der Waals surface area contributed by atoms with Crippen LogP contribution in [-0.4, -0.2) is 44.1 Å². The Morgan fingerprint density at radius 2 is 1.67 bits per heavy atom. The Morgan fingerprint density at radius 1 is 1.25 bits per heavy atom. The predicted octanol–water partition coefficient (Wildman–Crippen LogP) is -0.864. The molecule has 0 saturated carbocycles. The second kappa shape index (κ2) is 3.58. The molecule has 1 saturated heterocycles. The highest BCUT2D eigenvalue weighted by Crippen LogP contribution is 1.98. The lowest BCUT2D eigenvalue weighted by molar-refractivity contribution is -0.145. The summed E-state index contributed by atoms with van der Waals surface area (Å²) >= 11 is 0. The number of nitrogens with zero attached hydrogens (tertiary/aromatic N) is 1. The van der Waals surface area contributed by atoms with E-state index in [0.717, 1.165) is 0 Å². The third-order valence-electron chi connectivity index (χ3n) is 1.39. The molecular weight excluding hydrogens is 161 g/mol. The molecule has 0 aromatic carbocycles. The first kappa shape index (κ1) is 9.06. The van der Waals surface area contributed by atoms with Crippen molar-refractivity contribution >= 4 is 19.1 Å². The molecule has 0 unspecified atom stereocenters. The summed E-state index contributed by atoms with van der Waals surface area (Å²) < 4.78 is 9.42. The van der Waals surface area contributed by atoms with E-state index in [0.29, 0.717) is 0 Å². The Hall–Kier alpha value is -1.04. The van der Waals surface area contributed by atoms with Gasteiger partial charge in [0.25, 0.3) is 0 Å². The van der Waals surface area contributed by atoms with Crippen LogP contribution in [0.2, 0.25) is 6.82 Å². The van der Waals surface area contributed by atoms with Crippen molar-refractivity contribution in [3.63, 3.8) is 0 Å². The minimum absolute atomic E-state index is 0.124. The van der Waals surface area contributed by atoms with E-state index < -0.39 is 7.12 Å². The topological polar surface area (TPSA) is 55.8 Å². The quantitative estimate of drug-likeness (QED) is 0.443. The van der Waals surface area contributed by atoms with Crippen LogP contribution in [0.25, 0.3) is 0 Å². The molecule has 12 heavy (non-hydrogen) atoms. The molecule has 1 rings (SSSR count). The van der Waals surface area contributed by atoms with Crippen LogP contribution in [-0.2, 0) is 18.9 Å². The van der Waals surface area contributed by atoms with Crippen LogP contribution in [0, 0.1) is 0 Å². The minimum Gasteiger partial charge on any atom is -0.498 e. The summed E-state index contributed by atoms with van der Waals surface area (Å²) in [5.74, 6) is -0.755. The zero-order chi connectivity index (χ0) is 9.14. The van der Waals surface area contributed by atoms with Crippen molar-refractivity contribution in [2.24, 2.45) is 0 Å². The third-order valence-corrected chi connectivity index (χ3v) is 1.39. The average molecular weight is 171 g/mol. The van der Waals surface area contributed by atoms with Crippen molar-refractivity contribution in [2.45, 2.75) is 6.82 Å². The Balaban J connectivity index is 2.57. The van der Waals surface area contributed by atoms with Crippen LogP contribution in [0.1, 0.15) is 0 Å². The van der Waals surface area contributed by atoms with Crippen LogP contribution < -0.4 is 0 Å². The molecule has 0 radical (unpaired) electrons. The SMILES string of the molecule is CB1OC(=O)CN(C)CC(=O)O1. The summed E-state index contributed by atoms with van der Waals surface area (Å²) in [6.45, 7) is 1.76. The van der Waals surface area contributed by atoms with Gasteiger partial charge in [0.05, 0.1) is 13.1 Å². The Bertz CT molecular complexity index is 170. The maximum absolute atomic E-state index is 10.9. The highest BCUT2D eigenvalue weighted by molar-refractivity contribution is 6.47. The minimum atomic E-state index is -0.765. The van der Waals surface area contributed by atoms with Crippen LogP contribution >= 0.6 is 0 Å². The highest BCUT2D eigenvalue weighted by atomic mass is 16.6. The second-order valence-electron chi connectivity index (χ2n) is 2.72. The largest absolute Gasteiger partial charge is 0.595 e. The van der Waals surface area contributed by atoms with Gasteiger partial charge in [0.2, 0.25) is 0 Å². The first-order valence-corrected chi connectivity index (χ1v) is 3.65. The molecule has 0 aliphatic carbocycles. The van der Waals surface area contributed by atoms with Gasteiger partial charge in [-0.1, -0.05) is 0 Å². The molecule has 0 amide bonds. The maximum atomic E-state index is 10.9. The Kier molecular flexibility index (Phi) is 2.70. The maximum Gasteiger partial charge on any atom is 0.595 e. The van der Waals surface area contributed by atoms with Gasteiger partial charge in [0.1, 0.15) is 0 Å². The van der Waals surface area contributed by atoms with Crippen molar-refractivity contribution in [3.05, 3.63) is 0 Å². The van der Waals surface area contributed by atoms with Crippen LogP contribution in [0.15, 0.2) is 0 Å². The van der Waals surface area contributed by atoms with Crippen LogP contribution in [0.4, 0.5) is 0 Å². The highest BCUT2D eigenvalue weighted by Gasteiger charge is 2.26. The molecule has 0 aromatic rings. The van der Waals surface area contributed by atoms with Crippen LogP contribution in [0.5, 0.6) is 0 Å². The predicted molar refractivity (Wildman–Crippen MR) is 41.3 cm³/mol. The van der Waals surface area contributed by atoms with Crippen molar-refractivity contribution in [2.75, 3.05) is 20.1 Å². The van der Waals surface area contributed by atoms with Gasteiger partial charge in [-0.05, 0) is 13.9 Å². The van der Waals surface area contributed by atoms with E-state index in [1.165, 1.54) is 11.7 Å². The molecule has 0 aromatic heterocycles. The summed E-state index contributed by atoms with van der Waals surface area (Å²) in [5.41, 5.74) is 0. The summed E-state index contributed by atoms with van der Waals surface area (Å²) in [7, 11) is 0.886. The first-order chi connectivity index (χ1) is 5.58. The van der Waals surface area contributed by atoms with Gasteiger partial charge in [-0.3, -0.25) is 14.5 Å². The van der Waals surface area contributed by atoms with E-state index >= 15 is 0 Å². The Labute approximate surface area is 70.8 Å². The summed E-state index contributed by atoms with van der Waals surface area (Å²) in [6.07, 6.45) is 0. The molecule has 66 valence electrons. The fourth-order valence-corrected chi connectivity index (χ4v) is 0.965. The molecule has 0 spiro atoms. The molecule has 1 fully saturated rings. The number of rotatable bonds is 0. The molecule has 1 aliphatic heterocycles. The summed E-state index contributed by atoms with van der Waals surface area (Å²) in [5, 5.41) is 0.